The van der Waals surface area contributed by atoms with Gasteiger partial charge in [0.05, 0.1) is 12.8 Å². The second-order valence-electron chi connectivity index (χ2n) is 5.16. The Morgan fingerprint density at radius 2 is 2.20 bits per heavy atom. The van der Waals surface area contributed by atoms with Crippen LogP contribution in [0.5, 0.6) is 0 Å². The molecule has 3 nitrogen and oxygen atoms in total. The molecule has 1 unspecified atom stereocenters. The van der Waals surface area contributed by atoms with Gasteiger partial charge in [-0.2, -0.15) is 0 Å². The van der Waals surface area contributed by atoms with Gasteiger partial charge >= 0.3 is 0 Å². The maximum Gasteiger partial charge on any atom is 0.188 e. The number of β-amino-alcohol motifs (C(OH)–C–C–N with tert-alkyl or cyclic N) is 1. The molecular weight excluding hydrogens is 206 g/mol. The highest BCUT2D eigenvalue weighted by atomic mass is 28.4. The van der Waals surface area contributed by atoms with Crippen molar-refractivity contribution >= 4 is 8.32 Å². The van der Waals surface area contributed by atoms with E-state index >= 15 is 0 Å². The largest absolute Gasteiger partial charge is 0.405 e. The molecule has 90 valence electrons. The Morgan fingerprint density at radius 3 is 2.73 bits per heavy atom. The van der Waals surface area contributed by atoms with Gasteiger partial charge in [-0.3, -0.25) is 4.90 Å². The Balaban J connectivity index is 2.17. The van der Waals surface area contributed by atoms with Crippen LogP contribution >= 0.6 is 0 Å². The minimum atomic E-state index is -1.44. The predicted molar refractivity (Wildman–Crippen MR) is 65.3 cm³/mol. The average molecular weight is 231 g/mol. The summed E-state index contributed by atoms with van der Waals surface area (Å²) in [5, 5.41) is 9.38. The summed E-state index contributed by atoms with van der Waals surface area (Å²) in [6, 6.07) is 1.25. The molecule has 1 atom stereocenters. The van der Waals surface area contributed by atoms with Crippen LogP contribution in [0.1, 0.15) is 26.2 Å². The van der Waals surface area contributed by atoms with Gasteiger partial charge in [0, 0.05) is 13.1 Å². The number of rotatable bonds is 6. The van der Waals surface area contributed by atoms with Gasteiger partial charge in [-0.25, -0.2) is 0 Å². The van der Waals surface area contributed by atoms with Gasteiger partial charge in [0.15, 0.2) is 8.32 Å². The molecule has 0 aromatic rings. The zero-order chi connectivity index (χ0) is 11.3. The summed E-state index contributed by atoms with van der Waals surface area (Å²) in [6.07, 6.45) is 3.30. The molecule has 1 saturated heterocycles. The molecule has 1 aliphatic rings. The molecule has 0 aliphatic carbocycles. The summed E-state index contributed by atoms with van der Waals surface area (Å²) in [6.45, 7) is 9.29. The molecule has 0 radical (unpaired) electrons. The number of aliphatic hydroxyl groups excluding tert-OH is 1. The summed E-state index contributed by atoms with van der Waals surface area (Å²) in [5.74, 6) is 0. The predicted octanol–water partition coefficient (Wildman–Crippen LogP) is 2.03. The van der Waals surface area contributed by atoms with Crippen LogP contribution in [0.25, 0.3) is 0 Å². The van der Waals surface area contributed by atoms with Gasteiger partial charge < -0.3 is 9.53 Å². The molecule has 1 rings (SSSR count). The smallest absolute Gasteiger partial charge is 0.188 e. The molecule has 1 aliphatic heterocycles. The first-order valence-corrected chi connectivity index (χ1v) is 9.19. The van der Waals surface area contributed by atoms with E-state index in [1.54, 1.807) is 0 Å². The van der Waals surface area contributed by atoms with E-state index in [-0.39, 0.29) is 6.10 Å². The van der Waals surface area contributed by atoms with E-state index in [4.69, 9.17) is 4.43 Å². The number of unbranched alkanes of at least 4 members (excludes halogenated alkanes) is 1. The van der Waals surface area contributed by atoms with E-state index in [1.807, 2.05) is 0 Å². The van der Waals surface area contributed by atoms with Gasteiger partial charge in [0.1, 0.15) is 0 Å². The monoisotopic (exact) mass is 231 g/mol. The molecule has 1 heterocycles. The number of hydrogen-bond donors (Lipinski definition) is 1. The van der Waals surface area contributed by atoms with Crippen LogP contribution in [0.4, 0.5) is 0 Å². The number of nitrogens with zero attached hydrogens (tertiary/aromatic N) is 1. The van der Waals surface area contributed by atoms with E-state index in [0.29, 0.717) is 0 Å². The Hall–Kier alpha value is 0.0969. The third-order valence-corrected chi connectivity index (χ3v) is 5.49. The number of aliphatic hydroxyl groups is 1. The molecular formula is C11H25NO2Si. The number of likely N-dealkylation sites (tertiary alicyclic amines) is 1. The van der Waals surface area contributed by atoms with Crippen LogP contribution in [0.3, 0.4) is 0 Å². The Kier molecular flexibility index (Phi) is 5.25. The third kappa shape index (κ3) is 5.11. The van der Waals surface area contributed by atoms with E-state index in [9.17, 15) is 5.11 Å². The molecule has 15 heavy (non-hydrogen) atoms. The van der Waals surface area contributed by atoms with Crippen molar-refractivity contribution in [2.24, 2.45) is 0 Å². The van der Waals surface area contributed by atoms with E-state index in [0.717, 1.165) is 26.2 Å². The lowest BCUT2D eigenvalue weighted by Gasteiger charge is -2.26. The molecule has 0 aromatic carbocycles. The summed E-state index contributed by atoms with van der Waals surface area (Å²) in [5.41, 5.74) is 0. The van der Waals surface area contributed by atoms with Crippen LogP contribution in [0, 0.1) is 0 Å². The second kappa shape index (κ2) is 5.99. The minimum absolute atomic E-state index is 0.131. The molecule has 1 fully saturated rings. The van der Waals surface area contributed by atoms with Crippen molar-refractivity contribution < 1.29 is 9.53 Å². The van der Waals surface area contributed by atoms with Crippen LogP contribution < -0.4 is 0 Å². The molecule has 1 N–H and O–H groups in total. The molecule has 0 amide bonds. The van der Waals surface area contributed by atoms with Crippen LogP contribution in [-0.2, 0) is 4.43 Å². The summed E-state index contributed by atoms with van der Waals surface area (Å²) in [7, 11) is -1.44. The van der Waals surface area contributed by atoms with Crippen molar-refractivity contribution in [2.45, 2.75) is 51.4 Å². The highest BCUT2D eigenvalue weighted by Crippen LogP contribution is 2.17. The lowest BCUT2D eigenvalue weighted by atomic mass is 10.3. The maximum atomic E-state index is 9.38. The van der Waals surface area contributed by atoms with Crippen LogP contribution in [0.15, 0.2) is 0 Å². The fourth-order valence-electron chi connectivity index (χ4n) is 1.87. The van der Waals surface area contributed by atoms with Crippen LogP contribution in [0.2, 0.25) is 19.1 Å². The van der Waals surface area contributed by atoms with Crippen molar-refractivity contribution in [1.82, 2.24) is 4.90 Å². The SMILES string of the molecule is CCCC[Si](C)(C)OCN1CCC(O)C1. The first-order chi connectivity index (χ1) is 7.03. The number of hydrogen-bond acceptors (Lipinski definition) is 3. The zero-order valence-electron chi connectivity index (χ0n) is 10.3. The lowest BCUT2D eigenvalue weighted by Crippen LogP contribution is -2.36. The first kappa shape index (κ1) is 13.2. The average Bonchev–Trinajstić information content (AvgIpc) is 2.59. The van der Waals surface area contributed by atoms with E-state index in [2.05, 4.69) is 24.9 Å². The topological polar surface area (TPSA) is 32.7 Å². The molecule has 4 heteroatoms. The Morgan fingerprint density at radius 1 is 1.47 bits per heavy atom. The van der Waals surface area contributed by atoms with Gasteiger partial charge in [0.25, 0.3) is 0 Å². The van der Waals surface area contributed by atoms with Crippen molar-refractivity contribution in [1.29, 1.82) is 0 Å². The maximum absolute atomic E-state index is 9.38. The highest BCUT2D eigenvalue weighted by molar-refractivity contribution is 6.71. The summed E-state index contributed by atoms with van der Waals surface area (Å²) in [4.78, 5) is 2.21. The standard InChI is InChI=1S/C11H25NO2Si/c1-4-5-8-15(2,3)14-10-12-7-6-11(13)9-12/h11,13H,4-10H2,1-3H3. The van der Waals surface area contributed by atoms with Gasteiger partial charge in [-0.15, -0.1) is 0 Å². The van der Waals surface area contributed by atoms with Crippen molar-refractivity contribution in [3.8, 4) is 0 Å². The first-order valence-electron chi connectivity index (χ1n) is 6.08. The van der Waals surface area contributed by atoms with Gasteiger partial charge in [0.2, 0.25) is 0 Å². The van der Waals surface area contributed by atoms with Gasteiger partial charge in [-0.05, 0) is 25.6 Å². The zero-order valence-corrected chi connectivity index (χ0v) is 11.3. The fraction of sp³-hybridized carbons (Fsp3) is 1.00. The normalized spacial score (nSPS) is 23.6. The molecule has 0 bridgehead atoms. The van der Waals surface area contributed by atoms with Gasteiger partial charge in [-0.1, -0.05) is 19.8 Å². The van der Waals surface area contributed by atoms with E-state index in [1.165, 1.54) is 18.9 Å². The van der Waals surface area contributed by atoms with Crippen molar-refractivity contribution in [2.75, 3.05) is 19.8 Å². The van der Waals surface area contributed by atoms with Crippen molar-refractivity contribution in [3.05, 3.63) is 0 Å². The van der Waals surface area contributed by atoms with Crippen LogP contribution in [-0.4, -0.2) is 44.2 Å². The lowest BCUT2D eigenvalue weighted by molar-refractivity contribution is 0.118. The molecule has 0 aromatic heterocycles. The van der Waals surface area contributed by atoms with Crippen molar-refractivity contribution in [3.63, 3.8) is 0 Å². The fourth-order valence-corrected chi connectivity index (χ4v) is 3.75. The minimum Gasteiger partial charge on any atom is -0.405 e. The second-order valence-corrected chi connectivity index (χ2v) is 9.46. The Labute approximate surface area is 94.6 Å². The quantitative estimate of drug-likeness (QED) is 0.710. The third-order valence-electron chi connectivity index (χ3n) is 3.02. The summed E-state index contributed by atoms with van der Waals surface area (Å²) < 4.78 is 6.02. The molecule has 0 spiro atoms. The molecule has 0 saturated carbocycles. The van der Waals surface area contributed by atoms with E-state index < -0.39 is 8.32 Å². The Bertz CT molecular complexity index is 187. The summed E-state index contributed by atoms with van der Waals surface area (Å²) >= 11 is 0. The highest BCUT2D eigenvalue weighted by Gasteiger charge is 2.25.